The molecule has 4 rings (SSSR count). The second kappa shape index (κ2) is 7.07. The predicted octanol–water partition coefficient (Wildman–Crippen LogP) is 4.60. The number of benzene rings is 4. The first kappa shape index (κ1) is 17.0. The third-order valence-corrected chi connectivity index (χ3v) is 9.64. The van der Waals surface area contributed by atoms with Gasteiger partial charge < -0.3 is 4.74 Å². The van der Waals surface area contributed by atoms with E-state index in [1.807, 2.05) is 18.2 Å². The number of rotatable bonds is 4. The standard InChI is InChI=1S/C23H19OPS/c1-24-19-14-16-21(17-15-19)25(26,20-10-3-2-4-11-20)23-13-7-9-18-8-5-6-12-22(18)23/h2-17H,1H3/t25-/m0/s1. The van der Waals surface area contributed by atoms with Gasteiger partial charge in [-0.3, -0.25) is 0 Å². The number of hydrogen-bond acceptors (Lipinski definition) is 2. The van der Waals surface area contributed by atoms with Gasteiger partial charge in [0.2, 0.25) is 0 Å². The summed E-state index contributed by atoms with van der Waals surface area (Å²) in [6, 6.07) is 31.5. The Hall–Kier alpha value is -2.41. The molecule has 0 fully saturated rings. The van der Waals surface area contributed by atoms with E-state index in [0.717, 1.165) is 5.75 Å². The fourth-order valence-corrected chi connectivity index (χ4v) is 7.40. The van der Waals surface area contributed by atoms with Gasteiger partial charge in [0.1, 0.15) is 5.75 Å². The van der Waals surface area contributed by atoms with E-state index in [4.69, 9.17) is 16.5 Å². The molecule has 0 saturated heterocycles. The van der Waals surface area contributed by atoms with Crippen LogP contribution in [0.25, 0.3) is 10.8 Å². The molecule has 0 aliphatic carbocycles. The highest BCUT2D eigenvalue weighted by molar-refractivity contribution is 8.25. The van der Waals surface area contributed by atoms with Crippen LogP contribution in [0, 0.1) is 0 Å². The Morgan fingerprint density at radius 2 is 1.27 bits per heavy atom. The normalized spacial score (nSPS) is 13.3. The van der Waals surface area contributed by atoms with Gasteiger partial charge in [0.15, 0.2) is 0 Å². The summed E-state index contributed by atoms with van der Waals surface area (Å²) in [5.74, 6) is 0.848. The van der Waals surface area contributed by atoms with Crippen LogP contribution in [0.15, 0.2) is 97.1 Å². The van der Waals surface area contributed by atoms with Crippen LogP contribution >= 0.6 is 6.04 Å². The van der Waals surface area contributed by atoms with E-state index < -0.39 is 6.04 Å². The van der Waals surface area contributed by atoms with Crippen LogP contribution in [0.3, 0.4) is 0 Å². The Bertz CT molecular complexity index is 1080. The quantitative estimate of drug-likeness (QED) is 0.483. The highest BCUT2D eigenvalue weighted by Crippen LogP contribution is 2.44. The molecule has 1 nitrogen and oxygen atoms in total. The molecule has 4 aromatic carbocycles. The molecular weight excluding hydrogens is 355 g/mol. The molecule has 0 aliphatic heterocycles. The maximum absolute atomic E-state index is 6.48. The molecule has 0 radical (unpaired) electrons. The molecule has 26 heavy (non-hydrogen) atoms. The summed E-state index contributed by atoms with van der Waals surface area (Å²) >= 11 is 6.48. The zero-order chi connectivity index (χ0) is 18.0. The summed E-state index contributed by atoms with van der Waals surface area (Å²) in [6.45, 7) is 0. The highest BCUT2D eigenvalue weighted by atomic mass is 32.4. The average Bonchev–Trinajstić information content (AvgIpc) is 2.73. The molecule has 0 spiro atoms. The molecular formula is C23H19OPS. The van der Waals surface area contributed by atoms with Crippen molar-refractivity contribution in [3.8, 4) is 5.75 Å². The first-order valence-electron chi connectivity index (χ1n) is 8.52. The molecule has 0 bridgehead atoms. The lowest BCUT2D eigenvalue weighted by atomic mass is 10.1. The second-order valence-electron chi connectivity index (χ2n) is 6.14. The van der Waals surface area contributed by atoms with Crippen molar-refractivity contribution in [2.45, 2.75) is 0 Å². The van der Waals surface area contributed by atoms with Crippen molar-refractivity contribution in [1.29, 1.82) is 0 Å². The van der Waals surface area contributed by atoms with Gasteiger partial charge >= 0.3 is 0 Å². The number of hydrogen-bond donors (Lipinski definition) is 0. The summed E-state index contributed by atoms with van der Waals surface area (Å²) in [4.78, 5) is 0. The van der Waals surface area contributed by atoms with Crippen LogP contribution in [-0.2, 0) is 11.8 Å². The molecule has 0 aromatic heterocycles. The third kappa shape index (κ3) is 2.86. The number of fused-ring (bicyclic) bond motifs is 1. The molecule has 0 saturated carbocycles. The molecule has 0 amide bonds. The fourth-order valence-electron chi connectivity index (χ4n) is 3.34. The zero-order valence-electron chi connectivity index (χ0n) is 14.5. The molecule has 3 heteroatoms. The monoisotopic (exact) mass is 374 g/mol. The van der Waals surface area contributed by atoms with Gasteiger partial charge in [0.25, 0.3) is 0 Å². The zero-order valence-corrected chi connectivity index (χ0v) is 16.2. The first-order valence-corrected chi connectivity index (χ1v) is 11.3. The largest absolute Gasteiger partial charge is 0.497 e. The second-order valence-corrected chi connectivity index (χ2v) is 10.5. The summed E-state index contributed by atoms with van der Waals surface area (Å²) in [6.07, 6.45) is 0. The first-order chi connectivity index (χ1) is 12.7. The lowest BCUT2D eigenvalue weighted by Gasteiger charge is -2.25. The van der Waals surface area contributed by atoms with Crippen molar-refractivity contribution in [1.82, 2.24) is 0 Å². The summed E-state index contributed by atoms with van der Waals surface area (Å²) < 4.78 is 5.34. The summed E-state index contributed by atoms with van der Waals surface area (Å²) in [7, 11) is 1.69. The van der Waals surface area contributed by atoms with Crippen molar-refractivity contribution in [2.75, 3.05) is 7.11 Å². The Morgan fingerprint density at radius 3 is 2.00 bits per heavy atom. The van der Waals surface area contributed by atoms with E-state index in [0.29, 0.717) is 0 Å². The molecule has 0 unspecified atom stereocenters. The van der Waals surface area contributed by atoms with Crippen LogP contribution in [0.4, 0.5) is 0 Å². The van der Waals surface area contributed by atoms with E-state index in [1.165, 1.54) is 26.7 Å². The van der Waals surface area contributed by atoms with Crippen LogP contribution in [-0.4, -0.2) is 7.11 Å². The molecule has 128 valence electrons. The molecule has 1 atom stereocenters. The smallest absolute Gasteiger partial charge is 0.118 e. The fraction of sp³-hybridized carbons (Fsp3) is 0.0435. The van der Waals surface area contributed by atoms with Gasteiger partial charge in [-0.2, -0.15) is 0 Å². The third-order valence-electron chi connectivity index (χ3n) is 4.66. The van der Waals surface area contributed by atoms with Crippen molar-refractivity contribution in [2.24, 2.45) is 0 Å². The van der Waals surface area contributed by atoms with Gasteiger partial charge in [0, 0.05) is 11.3 Å². The number of methoxy groups -OCH3 is 1. The highest BCUT2D eigenvalue weighted by Gasteiger charge is 2.26. The van der Waals surface area contributed by atoms with Gasteiger partial charge in [0.05, 0.1) is 7.11 Å². The topological polar surface area (TPSA) is 9.23 Å². The van der Waals surface area contributed by atoms with Crippen molar-refractivity contribution >= 4 is 44.5 Å². The summed E-state index contributed by atoms with van der Waals surface area (Å²) in [5, 5.41) is 6.08. The van der Waals surface area contributed by atoms with Crippen LogP contribution in [0.5, 0.6) is 5.75 Å². The predicted molar refractivity (Wildman–Crippen MR) is 117 cm³/mol. The van der Waals surface area contributed by atoms with Gasteiger partial charge in [-0.15, -0.1) is 0 Å². The van der Waals surface area contributed by atoms with E-state index in [2.05, 4.69) is 78.9 Å². The number of ether oxygens (including phenoxy) is 1. The SMILES string of the molecule is COc1ccc([P@@](=S)(c2ccccc2)c2cccc3ccccc23)cc1. The lowest BCUT2D eigenvalue weighted by Crippen LogP contribution is -2.25. The lowest BCUT2D eigenvalue weighted by molar-refractivity contribution is 0.415. The Kier molecular flexibility index (Phi) is 4.63. The summed E-state index contributed by atoms with van der Waals surface area (Å²) in [5.41, 5.74) is 0. The minimum atomic E-state index is -2.17. The van der Waals surface area contributed by atoms with E-state index in [1.54, 1.807) is 7.11 Å². The molecule has 0 heterocycles. The molecule has 0 N–H and O–H groups in total. The van der Waals surface area contributed by atoms with Gasteiger partial charge in [-0.25, -0.2) is 0 Å². The molecule has 0 aliphatic rings. The van der Waals surface area contributed by atoms with Crippen LogP contribution in [0.2, 0.25) is 0 Å². The van der Waals surface area contributed by atoms with E-state index >= 15 is 0 Å². The van der Waals surface area contributed by atoms with Crippen molar-refractivity contribution in [3.05, 3.63) is 97.1 Å². The maximum atomic E-state index is 6.48. The van der Waals surface area contributed by atoms with Crippen LogP contribution < -0.4 is 20.7 Å². The minimum Gasteiger partial charge on any atom is -0.497 e. The maximum Gasteiger partial charge on any atom is 0.118 e. The van der Waals surface area contributed by atoms with Gasteiger partial charge in [-0.05, 0) is 45.6 Å². The Labute approximate surface area is 159 Å². The Morgan fingerprint density at radius 1 is 0.654 bits per heavy atom. The van der Waals surface area contributed by atoms with Crippen molar-refractivity contribution < 1.29 is 4.74 Å². The van der Waals surface area contributed by atoms with Crippen molar-refractivity contribution in [3.63, 3.8) is 0 Å². The average molecular weight is 374 g/mol. The minimum absolute atomic E-state index is 0.848. The van der Waals surface area contributed by atoms with E-state index in [9.17, 15) is 0 Å². The van der Waals surface area contributed by atoms with Crippen LogP contribution in [0.1, 0.15) is 0 Å². The Balaban J connectivity index is 2.04. The molecule has 4 aromatic rings. The van der Waals surface area contributed by atoms with Gasteiger partial charge in [-0.1, -0.05) is 84.6 Å². The van der Waals surface area contributed by atoms with E-state index in [-0.39, 0.29) is 0 Å².